The zero-order valence-electron chi connectivity index (χ0n) is 13.3. The van der Waals surface area contributed by atoms with E-state index in [9.17, 15) is 4.79 Å². The van der Waals surface area contributed by atoms with Gasteiger partial charge in [0.2, 0.25) is 0 Å². The number of aromatic nitrogens is 2. The molecule has 4 N–H and O–H groups in total. The fourth-order valence-electron chi connectivity index (χ4n) is 2.83. The first-order valence-electron chi connectivity index (χ1n) is 7.70. The summed E-state index contributed by atoms with van der Waals surface area (Å²) in [6.45, 7) is 4.75. The van der Waals surface area contributed by atoms with Crippen molar-refractivity contribution in [2.45, 2.75) is 45.1 Å². The number of rotatable bonds is 3. The number of carbonyl (C=O) groups is 1. The van der Waals surface area contributed by atoms with Gasteiger partial charge in [-0.05, 0) is 25.3 Å². The molecule has 0 aromatic carbocycles. The Kier molecular flexibility index (Phi) is 4.21. The van der Waals surface area contributed by atoms with E-state index >= 15 is 0 Å². The predicted octanol–water partition coefficient (Wildman–Crippen LogP) is 3.06. The Morgan fingerprint density at radius 2 is 2.30 bits per heavy atom. The number of nitrogens with two attached hydrogens (primary N) is 1. The number of aryl methyl sites for hydroxylation is 1. The van der Waals surface area contributed by atoms with Gasteiger partial charge in [-0.15, -0.1) is 11.3 Å². The van der Waals surface area contributed by atoms with Crippen LogP contribution in [0.1, 0.15) is 42.8 Å². The van der Waals surface area contributed by atoms with Crippen molar-refractivity contribution >= 4 is 28.3 Å². The van der Waals surface area contributed by atoms with Crippen molar-refractivity contribution in [3.05, 3.63) is 34.5 Å². The third-order valence-corrected chi connectivity index (χ3v) is 5.16. The van der Waals surface area contributed by atoms with Gasteiger partial charge >= 0.3 is 6.03 Å². The summed E-state index contributed by atoms with van der Waals surface area (Å²) in [6.07, 6.45) is 4.98. The number of anilines is 2. The van der Waals surface area contributed by atoms with Gasteiger partial charge in [0.15, 0.2) is 5.13 Å². The van der Waals surface area contributed by atoms with E-state index < -0.39 is 0 Å². The minimum absolute atomic E-state index is 0.0879. The lowest BCUT2D eigenvalue weighted by Gasteiger charge is -2.27. The Balaban J connectivity index is 1.63. The summed E-state index contributed by atoms with van der Waals surface area (Å²) in [7, 11) is 0. The summed E-state index contributed by atoms with van der Waals surface area (Å²) in [5.41, 5.74) is 7.77. The molecule has 0 bridgehead atoms. The van der Waals surface area contributed by atoms with Crippen molar-refractivity contribution in [2.24, 2.45) is 0 Å². The number of hydrogen-bond donors (Lipinski definition) is 3. The average molecular weight is 331 g/mol. The van der Waals surface area contributed by atoms with Gasteiger partial charge in [0, 0.05) is 28.6 Å². The first-order valence-corrected chi connectivity index (χ1v) is 8.52. The summed E-state index contributed by atoms with van der Waals surface area (Å²) in [5, 5.41) is 6.26. The molecule has 0 saturated carbocycles. The molecule has 0 spiro atoms. The number of urea groups is 1. The highest BCUT2D eigenvalue weighted by Crippen LogP contribution is 2.40. The molecule has 3 rings (SSSR count). The zero-order valence-corrected chi connectivity index (χ0v) is 14.2. The molecular weight excluding hydrogens is 310 g/mol. The second kappa shape index (κ2) is 6.16. The highest BCUT2D eigenvalue weighted by molar-refractivity contribution is 7.15. The number of nitrogens with one attached hydrogen (secondary N) is 2. The van der Waals surface area contributed by atoms with Gasteiger partial charge in [0.25, 0.3) is 0 Å². The summed E-state index contributed by atoms with van der Waals surface area (Å²) in [5.74, 6) is 0.430. The summed E-state index contributed by atoms with van der Waals surface area (Å²) >= 11 is 1.57. The first kappa shape index (κ1) is 15.7. The van der Waals surface area contributed by atoms with E-state index in [2.05, 4.69) is 34.4 Å². The Bertz CT molecular complexity index is 725. The molecule has 1 aliphatic carbocycles. The molecule has 6 nitrogen and oxygen atoms in total. The number of carbonyl (C=O) groups excluding carboxylic acids is 1. The van der Waals surface area contributed by atoms with Crippen LogP contribution in [-0.4, -0.2) is 16.0 Å². The van der Waals surface area contributed by atoms with E-state index in [0.29, 0.717) is 17.5 Å². The van der Waals surface area contributed by atoms with Crippen molar-refractivity contribution in [3.63, 3.8) is 0 Å². The lowest BCUT2D eigenvalue weighted by Crippen LogP contribution is -2.28. The van der Waals surface area contributed by atoms with Crippen molar-refractivity contribution < 1.29 is 4.79 Å². The lowest BCUT2D eigenvalue weighted by atomic mass is 9.79. The van der Waals surface area contributed by atoms with Gasteiger partial charge in [0.1, 0.15) is 5.82 Å². The van der Waals surface area contributed by atoms with Crippen LogP contribution in [0.25, 0.3) is 0 Å². The van der Waals surface area contributed by atoms with Crippen LogP contribution in [0, 0.1) is 0 Å². The summed E-state index contributed by atoms with van der Waals surface area (Å²) in [4.78, 5) is 22.0. The van der Waals surface area contributed by atoms with E-state index in [0.717, 1.165) is 24.1 Å². The third-order valence-electron chi connectivity index (χ3n) is 4.13. The van der Waals surface area contributed by atoms with Crippen molar-refractivity contribution in [2.75, 3.05) is 11.1 Å². The van der Waals surface area contributed by atoms with E-state index in [-0.39, 0.29) is 11.4 Å². The zero-order chi connectivity index (χ0) is 16.4. The molecule has 7 heteroatoms. The molecule has 2 amide bonds. The van der Waals surface area contributed by atoms with Crippen molar-refractivity contribution in [3.8, 4) is 0 Å². The number of thiazole rings is 1. The predicted molar refractivity (Wildman–Crippen MR) is 92.6 cm³/mol. The van der Waals surface area contributed by atoms with Gasteiger partial charge < -0.3 is 11.1 Å². The van der Waals surface area contributed by atoms with Crippen LogP contribution in [-0.2, 0) is 18.4 Å². The van der Waals surface area contributed by atoms with Crippen molar-refractivity contribution in [1.82, 2.24) is 15.3 Å². The number of nitrogens with zero attached hydrogens (tertiary/aromatic N) is 2. The topological polar surface area (TPSA) is 92.9 Å². The standard InChI is InChI=1S/C16H21N5OS/c1-16(2)7-3-6-11-12(16)20-15(23-11)21-14(22)19-9-10-5-4-8-18-13(10)17/h4-5,8H,3,6-7,9H2,1-2H3,(H2,17,18)(H2,19,20,21,22). The van der Waals surface area contributed by atoms with Crippen LogP contribution in [0.4, 0.5) is 15.7 Å². The number of amides is 2. The van der Waals surface area contributed by atoms with Gasteiger partial charge in [0.05, 0.1) is 5.69 Å². The fourth-order valence-corrected chi connectivity index (χ4v) is 4.01. The molecule has 0 radical (unpaired) electrons. The summed E-state index contributed by atoms with van der Waals surface area (Å²) in [6, 6.07) is 3.35. The SMILES string of the molecule is CC1(C)CCCc2sc(NC(=O)NCc3cccnc3N)nc21. The van der Waals surface area contributed by atoms with E-state index in [1.165, 1.54) is 11.3 Å². The number of fused-ring (bicyclic) bond motifs is 1. The Morgan fingerprint density at radius 3 is 3.04 bits per heavy atom. The monoisotopic (exact) mass is 331 g/mol. The molecule has 2 heterocycles. The quantitative estimate of drug-likeness (QED) is 0.806. The molecule has 0 saturated heterocycles. The van der Waals surface area contributed by atoms with Gasteiger partial charge in [-0.3, -0.25) is 5.32 Å². The highest BCUT2D eigenvalue weighted by Gasteiger charge is 2.31. The molecule has 23 heavy (non-hydrogen) atoms. The third kappa shape index (κ3) is 3.44. The van der Waals surface area contributed by atoms with Gasteiger partial charge in [-0.2, -0.15) is 0 Å². The average Bonchev–Trinajstić information content (AvgIpc) is 2.90. The second-order valence-electron chi connectivity index (χ2n) is 6.38. The van der Waals surface area contributed by atoms with Crippen LogP contribution in [0.3, 0.4) is 0 Å². The van der Waals surface area contributed by atoms with Gasteiger partial charge in [-0.25, -0.2) is 14.8 Å². The van der Waals surface area contributed by atoms with Gasteiger partial charge in [-0.1, -0.05) is 19.9 Å². The van der Waals surface area contributed by atoms with E-state index in [4.69, 9.17) is 5.73 Å². The van der Waals surface area contributed by atoms with E-state index in [1.807, 2.05) is 6.07 Å². The molecule has 0 aliphatic heterocycles. The summed E-state index contributed by atoms with van der Waals surface area (Å²) < 4.78 is 0. The first-order chi connectivity index (χ1) is 11.0. The van der Waals surface area contributed by atoms with E-state index in [1.54, 1.807) is 23.6 Å². The van der Waals surface area contributed by atoms with Crippen molar-refractivity contribution in [1.29, 1.82) is 0 Å². The maximum Gasteiger partial charge on any atom is 0.321 e. The molecular formula is C16H21N5OS. The lowest BCUT2D eigenvalue weighted by molar-refractivity contribution is 0.251. The number of pyridine rings is 1. The smallest absolute Gasteiger partial charge is 0.321 e. The second-order valence-corrected chi connectivity index (χ2v) is 7.47. The molecule has 2 aromatic heterocycles. The minimum Gasteiger partial charge on any atom is -0.383 e. The molecule has 1 aliphatic rings. The van der Waals surface area contributed by atoms with Crippen LogP contribution in [0.5, 0.6) is 0 Å². The molecule has 2 aromatic rings. The minimum atomic E-state index is -0.280. The van der Waals surface area contributed by atoms with Crippen LogP contribution in [0.2, 0.25) is 0 Å². The Labute approximate surface area is 139 Å². The highest BCUT2D eigenvalue weighted by atomic mass is 32.1. The number of nitrogen functional groups attached to an aromatic ring is 1. The number of hydrogen-bond acceptors (Lipinski definition) is 5. The molecule has 122 valence electrons. The Hall–Kier alpha value is -2.15. The molecule has 0 unspecified atom stereocenters. The largest absolute Gasteiger partial charge is 0.383 e. The van der Waals surface area contributed by atoms with Crippen LogP contribution in [0.15, 0.2) is 18.3 Å². The molecule has 0 fully saturated rings. The van der Waals surface area contributed by atoms with Crippen LogP contribution < -0.4 is 16.4 Å². The Morgan fingerprint density at radius 1 is 1.48 bits per heavy atom. The fraction of sp³-hybridized carbons (Fsp3) is 0.438. The van der Waals surface area contributed by atoms with Crippen LogP contribution >= 0.6 is 11.3 Å². The maximum atomic E-state index is 12.1. The molecule has 0 atom stereocenters. The maximum absolute atomic E-state index is 12.1. The normalized spacial score (nSPS) is 15.7.